The highest BCUT2D eigenvalue weighted by Crippen LogP contribution is 2.23. The van der Waals surface area contributed by atoms with Crippen LogP contribution in [0.2, 0.25) is 0 Å². The van der Waals surface area contributed by atoms with Gasteiger partial charge in [0.25, 0.3) is 0 Å². The maximum absolute atomic E-state index is 6.04. The Balaban J connectivity index is 1.45. The zero-order valence-corrected chi connectivity index (χ0v) is 18.3. The molecule has 3 aromatic carbocycles. The molecule has 0 aliphatic heterocycles. The van der Waals surface area contributed by atoms with Gasteiger partial charge in [0, 0.05) is 12.6 Å². The zero-order chi connectivity index (χ0) is 21.6. The second-order valence-electron chi connectivity index (χ2n) is 7.54. The Kier molecular flexibility index (Phi) is 6.41. The highest BCUT2D eigenvalue weighted by molar-refractivity contribution is 5.75. The molecule has 31 heavy (non-hydrogen) atoms. The van der Waals surface area contributed by atoms with Crippen molar-refractivity contribution in [1.29, 1.82) is 0 Å². The molecule has 0 atom stereocenters. The third-order valence-corrected chi connectivity index (χ3v) is 5.48. The molecule has 0 spiro atoms. The molecule has 0 bridgehead atoms. The van der Waals surface area contributed by atoms with Crippen molar-refractivity contribution in [2.24, 2.45) is 0 Å². The lowest BCUT2D eigenvalue weighted by molar-refractivity contribution is 0.278. The van der Waals surface area contributed by atoms with Crippen molar-refractivity contribution in [3.63, 3.8) is 0 Å². The van der Waals surface area contributed by atoms with Gasteiger partial charge in [-0.3, -0.25) is 0 Å². The second kappa shape index (κ2) is 9.56. The number of hydrogen-bond acceptors (Lipinski definition) is 4. The van der Waals surface area contributed by atoms with E-state index in [4.69, 9.17) is 19.2 Å². The fourth-order valence-corrected chi connectivity index (χ4v) is 3.61. The number of benzene rings is 3. The van der Waals surface area contributed by atoms with Gasteiger partial charge in [-0.05, 0) is 61.7 Å². The van der Waals surface area contributed by atoms with Crippen molar-refractivity contribution in [3.8, 4) is 17.2 Å². The van der Waals surface area contributed by atoms with Crippen molar-refractivity contribution in [2.75, 3.05) is 13.7 Å². The van der Waals surface area contributed by atoms with E-state index in [0.29, 0.717) is 13.2 Å². The van der Waals surface area contributed by atoms with Crippen LogP contribution in [-0.2, 0) is 13.2 Å². The first-order valence-corrected chi connectivity index (χ1v) is 10.6. The molecule has 0 amide bonds. The number of ether oxygens (including phenoxy) is 3. The van der Waals surface area contributed by atoms with Gasteiger partial charge in [-0.15, -0.1) is 0 Å². The quantitative estimate of drug-likeness (QED) is 0.328. The van der Waals surface area contributed by atoms with Crippen LogP contribution in [0.3, 0.4) is 0 Å². The summed E-state index contributed by atoms with van der Waals surface area (Å²) in [6, 6.07) is 22.0. The molecule has 0 unspecified atom stereocenters. The molecule has 160 valence electrons. The van der Waals surface area contributed by atoms with Crippen LogP contribution >= 0.6 is 0 Å². The lowest BCUT2D eigenvalue weighted by atomic mass is 10.1. The molecule has 5 heteroatoms. The number of para-hydroxylation sites is 2. The van der Waals surface area contributed by atoms with E-state index in [0.717, 1.165) is 47.1 Å². The predicted octanol–water partition coefficient (Wildman–Crippen LogP) is 5.71. The van der Waals surface area contributed by atoms with Crippen molar-refractivity contribution in [3.05, 3.63) is 83.7 Å². The summed E-state index contributed by atoms with van der Waals surface area (Å²) in [5.41, 5.74) is 4.53. The van der Waals surface area contributed by atoms with Crippen molar-refractivity contribution >= 4 is 11.0 Å². The van der Waals surface area contributed by atoms with E-state index >= 15 is 0 Å². The molecule has 4 aromatic rings. The molecule has 0 aliphatic carbocycles. The minimum Gasteiger partial charge on any atom is -0.497 e. The van der Waals surface area contributed by atoms with Crippen LogP contribution in [0.15, 0.2) is 66.7 Å². The lowest BCUT2D eigenvalue weighted by Crippen LogP contribution is -2.10. The minimum absolute atomic E-state index is 0.389. The van der Waals surface area contributed by atoms with Gasteiger partial charge in [-0.25, -0.2) is 4.98 Å². The summed E-state index contributed by atoms with van der Waals surface area (Å²) >= 11 is 0. The van der Waals surface area contributed by atoms with Gasteiger partial charge >= 0.3 is 0 Å². The Morgan fingerprint density at radius 1 is 0.871 bits per heavy atom. The monoisotopic (exact) mass is 416 g/mol. The van der Waals surface area contributed by atoms with Crippen LogP contribution in [0.5, 0.6) is 17.2 Å². The minimum atomic E-state index is 0.389. The van der Waals surface area contributed by atoms with Gasteiger partial charge in [0.15, 0.2) is 0 Å². The Labute approximate surface area is 183 Å². The highest BCUT2D eigenvalue weighted by Gasteiger charge is 2.11. The summed E-state index contributed by atoms with van der Waals surface area (Å²) in [4.78, 5) is 4.80. The average molecular weight is 417 g/mol. The third kappa shape index (κ3) is 4.82. The molecule has 0 N–H and O–H groups in total. The van der Waals surface area contributed by atoms with Crippen LogP contribution < -0.4 is 14.2 Å². The summed E-state index contributed by atoms with van der Waals surface area (Å²) < 4.78 is 19.6. The van der Waals surface area contributed by atoms with E-state index in [9.17, 15) is 0 Å². The van der Waals surface area contributed by atoms with Gasteiger partial charge in [0.2, 0.25) is 0 Å². The Hall–Kier alpha value is -3.47. The molecule has 0 radical (unpaired) electrons. The highest BCUT2D eigenvalue weighted by atomic mass is 16.5. The normalized spacial score (nSPS) is 10.9. The molecule has 5 nitrogen and oxygen atoms in total. The first-order chi connectivity index (χ1) is 15.2. The number of rotatable bonds is 9. The van der Waals surface area contributed by atoms with Crippen LogP contribution in [0.25, 0.3) is 11.0 Å². The molecule has 0 fully saturated rings. The van der Waals surface area contributed by atoms with Gasteiger partial charge < -0.3 is 18.8 Å². The first-order valence-electron chi connectivity index (χ1n) is 10.6. The lowest BCUT2D eigenvalue weighted by Gasteiger charge is -2.13. The summed E-state index contributed by atoms with van der Waals surface area (Å²) in [7, 11) is 1.65. The fourth-order valence-electron chi connectivity index (χ4n) is 3.61. The third-order valence-electron chi connectivity index (χ3n) is 5.48. The van der Waals surface area contributed by atoms with E-state index in [-0.39, 0.29) is 0 Å². The smallest absolute Gasteiger partial charge is 0.147 e. The molecular weight excluding hydrogens is 388 g/mol. The Morgan fingerprint density at radius 2 is 1.68 bits per heavy atom. The summed E-state index contributed by atoms with van der Waals surface area (Å²) in [6.07, 6.45) is 0.875. The van der Waals surface area contributed by atoms with Crippen molar-refractivity contribution in [1.82, 2.24) is 9.55 Å². The van der Waals surface area contributed by atoms with Gasteiger partial charge in [-0.2, -0.15) is 0 Å². The van der Waals surface area contributed by atoms with E-state index in [1.165, 1.54) is 11.1 Å². The molecule has 0 aliphatic rings. The predicted molar refractivity (Wildman–Crippen MR) is 123 cm³/mol. The molecule has 4 rings (SSSR count). The van der Waals surface area contributed by atoms with Gasteiger partial charge in [0.1, 0.15) is 29.7 Å². The number of nitrogens with zero attached hydrogens (tertiary/aromatic N) is 2. The topological polar surface area (TPSA) is 45.5 Å². The molecule has 0 saturated heterocycles. The Bertz CT molecular complexity index is 1170. The van der Waals surface area contributed by atoms with Crippen molar-refractivity contribution < 1.29 is 14.2 Å². The summed E-state index contributed by atoms with van der Waals surface area (Å²) in [6.45, 7) is 6.05. The maximum atomic E-state index is 6.04. The average Bonchev–Trinajstić information content (AvgIpc) is 3.15. The van der Waals surface area contributed by atoms with Crippen molar-refractivity contribution in [2.45, 2.75) is 33.4 Å². The number of aryl methyl sites for hydroxylation is 2. The van der Waals surface area contributed by atoms with E-state index in [1.807, 2.05) is 54.6 Å². The van der Waals surface area contributed by atoms with E-state index in [2.05, 4.69) is 30.5 Å². The number of imidazole rings is 1. The number of hydrogen-bond donors (Lipinski definition) is 0. The van der Waals surface area contributed by atoms with Crippen LogP contribution in [0.4, 0.5) is 0 Å². The maximum Gasteiger partial charge on any atom is 0.147 e. The summed E-state index contributed by atoms with van der Waals surface area (Å²) in [5.74, 6) is 3.39. The SMILES string of the molecule is COc1cccc(OCc2nc3ccccc3n2CCCOc2cccc(C)c2C)c1. The van der Waals surface area contributed by atoms with Gasteiger partial charge in [0.05, 0.1) is 24.8 Å². The molecule has 1 heterocycles. The van der Waals surface area contributed by atoms with Gasteiger partial charge in [-0.1, -0.05) is 30.3 Å². The Morgan fingerprint density at radius 3 is 2.55 bits per heavy atom. The second-order valence-corrected chi connectivity index (χ2v) is 7.54. The van der Waals surface area contributed by atoms with Crippen LogP contribution in [0, 0.1) is 13.8 Å². The van der Waals surface area contributed by atoms with E-state index in [1.54, 1.807) is 7.11 Å². The number of methoxy groups -OCH3 is 1. The molecule has 0 saturated carbocycles. The summed E-state index contributed by atoms with van der Waals surface area (Å²) in [5, 5.41) is 0. The number of aromatic nitrogens is 2. The largest absolute Gasteiger partial charge is 0.497 e. The first kappa shape index (κ1) is 20.8. The van der Waals surface area contributed by atoms with Crippen LogP contribution in [0.1, 0.15) is 23.4 Å². The van der Waals surface area contributed by atoms with Crippen LogP contribution in [-0.4, -0.2) is 23.3 Å². The fraction of sp³-hybridized carbons (Fsp3) is 0.269. The number of fused-ring (bicyclic) bond motifs is 1. The standard InChI is InChI=1S/C26H28N2O3/c1-19-9-6-14-25(20(19)2)30-16-8-15-28-24-13-5-4-12-23(24)27-26(28)18-31-22-11-7-10-21(17-22)29-3/h4-7,9-14,17H,8,15-16,18H2,1-3H3. The van der Waals surface area contributed by atoms with E-state index < -0.39 is 0 Å². The zero-order valence-electron chi connectivity index (χ0n) is 18.3. The molecule has 1 aromatic heterocycles. The molecular formula is C26H28N2O3.